The van der Waals surface area contributed by atoms with E-state index in [0.29, 0.717) is 35.9 Å². The molecule has 7 nitrogen and oxygen atoms in total. The molecule has 0 atom stereocenters. The average molecular weight is 338 g/mol. The number of hydrogen-bond donors (Lipinski definition) is 3. The standard InChI is InChI=1S/C18H22N6O/c1-2-3-12-4-5-14(19)13(8-12)18(20)15-9-16(23-11-22-15)24-7-6-21-17(25)10-24/h4-5,8-9,11,20H,2-3,6-7,10,19H2,1H3,(H,21,25). The van der Waals surface area contributed by atoms with Crippen LogP contribution >= 0.6 is 0 Å². The number of piperazine rings is 1. The summed E-state index contributed by atoms with van der Waals surface area (Å²) < 4.78 is 0. The number of carbonyl (C=O) groups is 1. The number of aromatic nitrogens is 2. The highest BCUT2D eigenvalue weighted by molar-refractivity contribution is 6.13. The van der Waals surface area contributed by atoms with E-state index in [9.17, 15) is 4.79 Å². The fraction of sp³-hybridized carbons (Fsp3) is 0.333. The van der Waals surface area contributed by atoms with E-state index in [1.165, 1.54) is 6.33 Å². The van der Waals surface area contributed by atoms with E-state index in [0.717, 1.165) is 18.4 Å². The lowest BCUT2D eigenvalue weighted by molar-refractivity contribution is -0.120. The maximum atomic E-state index is 11.6. The number of rotatable bonds is 5. The maximum absolute atomic E-state index is 11.6. The molecule has 130 valence electrons. The number of aryl methyl sites for hydroxylation is 1. The Hall–Kier alpha value is -2.96. The normalized spacial score (nSPS) is 14.3. The molecule has 2 aromatic rings. The van der Waals surface area contributed by atoms with E-state index >= 15 is 0 Å². The van der Waals surface area contributed by atoms with E-state index in [2.05, 4.69) is 22.2 Å². The first-order valence-corrected chi connectivity index (χ1v) is 8.40. The lowest BCUT2D eigenvalue weighted by Crippen LogP contribution is -2.48. The predicted octanol–water partition coefficient (Wildman–Crippen LogP) is 1.36. The molecule has 0 aliphatic carbocycles. The Labute approximate surface area is 146 Å². The van der Waals surface area contributed by atoms with Crippen molar-refractivity contribution in [1.82, 2.24) is 15.3 Å². The van der Waals surface area contributed by atoms with Gasteiger partial charge in [0.2, 0.25) is 5.91 Å². The molecule has 0 radical (unpaired) electrons. The van der Waals surface area contributed by atoms with Crippen molar-refractivity contribution in [2.75, 3.05) is 30.3 Å². The summed E-state index contributed by atoms with van der Waals surface area (Å²) in [6, 6.07) is 7.53. The SMILES string of the molecule is CCCc1ccc(N)c(C(=N)c2cc(N3CCNC(=O)C3)ncn2)c1. The molecule has 1 amide bonds. The summed E-state index contributed by atoms with van der Waals surface area (Å²) in [5.74, 6) is 0.617. The number of nitrogens with one attached hydrogen (secondary N) is 2. The molecule has 25 heavy (non-hydrogen) atoms. The van der Waals surface area contributed by atoms with Gasteiger partial charge in [-0.3, -0.25) is 10.2 Å². The molecular weight excluding hydrogens is 316 g/mol. The molecule has 0 bridgehead atoms. The van der Waals surface area contributed by atoms with Crippen LogP contribution in [-0.2, 0) is 11.2 Å². The minimum absolute atomic E-state index is 0.0296. The van der Waals surface area contributed by atoms with Crippen molar-refractivity contribution in [2.24, 2.45) is 0 Å². The molecule has 4 N–H and O–H groups in total. The van der Waals surface area contributed by atoms with Gasteiger partial charge in [0, 0.05) is 30.4 Å². The molecular formula is C18H22N6O. The van der Waals surface area contributed by atoms with Crippen LogP contribution in [0, 0.1) is 5.41 Å². The first-order valence-electron chi connectivity index (χ1n) is 8.40. The van der Waals surface area contributed by atoms with E-state index in [4.69, 9.17) is 11.1 Å². The second-order valence-electron chi connectivity index (χ2n) is 6.08. The van der Waals surface area contributed by atoms with Gasteiger partial charge in [0.25, 0.3) is 0 Å². The molecule has 3 rings (SSSR count). The minimum atomic E-state index is -0.0296. The third-order valence-corrected chi connectivity index (χ3v) is 4.20. The number of benzene rings is 1. The first kappa shape index (κ1) is 16.9. The molecule has 1 aromatic carbocycles. The van der Waals surface area contributed by atoms with Crippen molar-refractivity contribution in [3.05, 3.63) is 47.4 Å². The Bertz CT molecular complexity index is 804. The van der Waals surface area contributed by atoms with Crippen LogP contribution in [0.2, 0.25) is 0 Å². The third-order valence-electron chi connectivity index (χ3n) is 4.20. The molecule has 0 spiro atoms. The Morgan fingerprint density at radius 2 is 2.20 bits per heavy atom. The number of hydrogen-bond acceptors (Lipinski definition) is 6. The van der Waals surface area contributed by atoms with Gasteiger partial charge in [-0.05, 0) is 24.1 Å². The number of nitrogens with two attached hydrogens (primary N) is 1. The smallest absolute Gasteiger partial charge is 0.239 e. The fourth-order valence-corrected chi connectivity index (χ4v) is 2.89. The highest BCUT2D eigenvalue weighted by atomic mass is 16.2. The van der Waals surface area contributed by atoms with Crippen LogP contribution in [0.15, 0.2) is 30.6 Å². The topological polar surface area (TPSA) is 108 Å². The van der Waals surface area contributed by atoms with Crippen LogP contribution in [0.25, 0.3) is 0 Å². The van der Waals surface area contributed by atoms with Crippen LogP contribution in [0.3, 0.4) is 0 Å². The summed E-state index contributed by atoms with van der Waals surface area (Å²) in [5.41, 5.74) is 9.22. The lowest BCUT2D eigenvalue weighted by Gasteiger charge is -2.27. The second kappa shape index (κ2) is 7.29. The zero-order valence-corrected chi connectivity index (χ0v) is 14.2. The van der Waals surface area contributed by atoms with E-state index in [-0.39, 0.29) is 18.2 Å². The van der Waals surface area contributed by atoms with Gasteiger partial charge in [-0.2, -0.15) is 0 Å². The third kappa shape index (κ3) is 3.76. The number of carbonyl (C=O) groups excluding carboxylic acids is 1. The van der Waals surface area contributed by atoms with Crippen LogP contribution in [0.1, 0.15) is 30.2 Å². The van der Waals surface area contributed by atoms with E-state index in [1.54, 1.807) is 6.07 Å². The van der Waals surface area contributed by atoms with Gasteiger partial charge in [0.1, 0.15) is 12.1 Å². The van der Waals surface area contributed by atoms with Gasteiger partial charge in [0.15, 0.2) is 0 Å². The largest absolute Gasteiger partial charge is 0.398 e. The second-order valence-corrected chi connectivity index (χ2v) is 6.08. The van der Waals surface area contributed by atoms with Crippen molar-refractivity contribution >= 4 is 23.1 Å². The van der Waals surface area contributed by atoms with Crippen LogP contribution in [0.4, 0.5) is 11.5 Å². The quantitative estimate of drug-likeness (QED) is 0.563. The molecule has 0 unspecified atom stereocenters. The van der Waals surface area contributed by atoms with E-state index in [1.807, 2.05) is 23.1 Å². The first-order chi connectivity index (χ1) is 12.1. The molecule has 0 saturated carbocycles. The Morgan fingerprint density at radius 3 is 2.96 bits per heavy atom. The Kier molecular flexibility index (Phi) is 4.92. The molecule has 7 heteroatoms. The Morgan fingerprint density at radius 1 is 1.36 bits per heavy atom. The van der Waals surface area contributed by atoms with Crippen molar-refractivity contribution in [1.29, 1.82) is 5.41 Å². The van der Waals surface area contributed by atoms with Crippen molar-refractivity contribution in [2.45, 2.75) is 19.8 Å². The van der Waals surface area contributed by atoms with Crippen LogP contribution < -0.4 is 16.0 Å². The summed E-state index contributed by atoms with van der Waals surface area (Å²) in [7, 11) is 0. The van der Waals surface area contributed by atoms with Crippen molar-refractivity contribution in [3.63, 3.8) is 0 Å². The average Bonchev–Trinajstić information content (AvgIpc) is 2.63. The molecule has 1 aliphatic heterocycles. The summed E-state index contributed by atoms with van der Waals surface area (Å²) in [4.78, 5) is 21.9. The number of amides is 1. The molecule has 1 aliphatic rings. The van der Waals surface area contributed by atoms with Gasteiger partial charge in [0.05, 0.1) is 18.0 Å². The zero-order chi connectivity index (χ0) is 17.8. The van der Waals surface area contributed by atoms with Gasteiger partial charge >= 0.3 is 0 Å². The minimum Gasteiger partial charge on any atom is -0.398 e. The molecule has 1 fully saturated rings. The summed E-state index contributed by atoms with van der Waals surface area (Å²) in [6.45, 7) is 3.65. The van der Waals surface area contributed by atoms with Gasteiger partial charge in [-0.15, -0.1) is 0 Å². The molecule has 2 heterocycles. The van der Waals surface area contributed by atoms with Crippen LogP contribution in [-0.4, -0.2) is 41.2 Å². The molecule has 1 aromatic heterocycles. The van der Waals surface area contributed by atoms with Gasteiger partial charge in [-0.1, -0.05) is 19.4 Å². The fourth-order valence-electron chi connectivity index (χ4n) is 2.89. The zero-order valence-electron chi connectivity index (χ0n) is 14.2. The van der Waals surface area contributed by atoms with E-state index < -0.39 is 0 Å². The van der Waals surface area contributed by atoms with Crippen molar-refractivity contribution in [3.8, 4) is 0 Å². The number of anilines is 2. The number of nitrogens with zero attached hydrogens (tertiary/aromatic N) is 3. The highest BCUT2D eigenvalue weighted by Crippen LogP contribution is 2.20. The summed E-state index contributed by atoms with van der Waals surface area (Å²) >= 11 is 0. The van der Waals surface area contributed by atoms with Gasteiger partial charge in [-0.25, -0.2) is 9.97 Å². The van der Waals surface area contributed by atoms with Gasteiger partial charge < -0.3 is 16.0 Å². The Balaban J connectivity index is 1.89. The maximum Gasteiger partial charge on any atom is 0.239 e. The summed E-state index contributed by atoms with van der Waals surface area (Å²) in [5, 5.41) is 11.3. The lowest BCUT2D eigenvalue weighted by atomic mass is 10.00. The predicted molar refractivity (Wildman–Crippen MR) is 98.0 cm³/mol. The highest BCUT2D eigenvalue weighted by Gasteiger charge is 2.19. The number of nitrogen functional groups attached to an aromatic ring is 1. The monoisotopic (exact) mass is 338 g/mol. The van der Waals surface area contributed by atoms with Crippen LogP contribution in [0.5, 0.6) is 0 Å². The molecule has 1 saturated heterocycles. The van der Waals surface area contributed by atoms with Crippen molar-refractivity contribution < 1.29 is 4.79 Å². The summed E-state index contributed by atoms with van der Waals surface area (Å²) in [6.07, 6.45) is 3.40.